The second kappa shape index (κ2) is 25.2. The third-order valence-corrected chi connectivity index (χ3v) is 0. The van der Waals surface area contributed by atoms with Gasteiger partial charge in [0.25, 0.3) is 0 Å². The molecule has 0 saturated carbocycles. The fraction of sp³-hybridized carbons (Fsp3) is 0. The maximum absolute atomic E-state index is 8.52. The van der Waals surface area contributed by atoms with Gasteiger partial charge in [-0.2, -0.15) is 0 Å². The van der Waals surface area contributed by atoms with Crippen LogP contribution in [0.4, 0.5) is 0 Å². The molecule has 0 atom stereocenters. The van der Waals surface area contributed by atoms with Gasteiger partial charge in [0.1, 0.15) is 0 Å². The zero-order valence-electron chi connectivity index (χ0n) is 4.04. The van der Waals surface area contributed by atoms with Crippen molar-refractivity contribution < 1.29 is 55.2 Å². The summed E-state index contributed by atoms with van der Waals surface area (Å²) in [6.45, 7) is 0. The van der Waals surface area contributed by atoms with Crippen LogP contribution in [0.2, 0.25) is 0 Å². The predicted molar refractivity (Wildman–Crippen MR) is 39.1 cm³/mol. The van der Waals surface area contributed by atoms with Crippen LogP contribution in [-0.2, 0) is 10.4 Å². The van der Waals surface area contributed by atoms with Crippen molar-refractivity contribution >= 4 is 172 Å². The van der Waals surface area contributed by atoms with Gasteiger partial charge in [0.2, 0.25) is 0 Å². The number of hydrogen-bond donors (Lipinski definition) is 0. The summed E-state index contributed by atoms with van der Waals surface area (Å²) >= 11 is 0. The average Bonchev–Trinajstić information content (AvgIpc) is 0.722. The quantitative estimate of drug-likeness (QED) is 0.238. The zero-order valence-corrected chi connectivity index (χ0v) is 4.86. The Morgan fingerprint density at radius 2 is 0.818 bits per heavy atom. The molecular weight excluding hydrogens is 234 g/mol. The summed E-state index contributed by atoms with van der Waals surface area (Å²) in [5, 5.41) is 0. The second-order valence-electron chi connectivity index (χ2n) is 0.408. The van der Waals surface area contributed by atoms with Crippen LogP contribution >= 0.6 is 0 Å². The Morgan fingerprint density at radius 3 is 0.818 bits per heavy atom. The Morgan fingerprint density at radius 1 is 0.818 bits per heavy atom. The van der Waals surface area contributed by atoms with Crippen LogP contribution in [0.3, 0.4) is 0 Å². The van der Waals surface area contributed by atoms with E-state index in [1.54, 1.807) is 0 Å². The van der Waals surface area contributed by atoms with E-state index in [2.05, 4.69) is 0 Å². The molecule has 0 aromatic carbocycles. The van der Waals surface area contributed by atoms with Crippen LogP contribution < -0.4 is 37.7 Å². The Labute approximate surface area is 220 Å². The maximum atomic E-state index is 8.52. The Bertz CT molecular complexity index is 107. The summed E-state index contributed by atoms with van der Waals surface area (Å²) in [7, 11) is -5.17. The molecule has 0 aliphatic carbocycles. The fourth-order valence-corrected chi connectivity index (χ4v) is 0. The van der Waals surface area contributed by atoms with Crippen molar-refractivity contribution in [3.05, 3.63) is 0 Å². The van der Waals surface area contributed by atoms with Gasteiger partial charge in [-0.15, -0.1) is 0 Å². The topological polar surface area (TPSA) is 80.3 Å². The molecule has 0 radical (unpaired) electrons. The fourth-order valence-electron chi connectivity index (χ4n) is 0. The molecule has 0 heterocycles. The average molecular weight is 238 g/mol. The van der Waals surface area contributed by atoms with Gasteiger partial charge >= 0.3 is 200 Å². The Hall–Kier alpha value is 6.34. The third kappa shape index (κ3) is 83.6. The molecule has 40 valence electrons. The Balaban J connectivity index is -0.00000000533. The normalized spacial score (nSPS) is 5.27. The van der Waals surface area contributed by atoms with Crippen molar-refractivity contribution in [3.63, 3.8) is 0 Å². The van der Waals surface area contributed by atoms with Crippen LogP contribution in [-0.4, -0.2) is 179 Å². The molecule has 11 heteroatoms. The van der Waals surface area contributed by atoms with Crippen LogP contribution in [0.5, 0.6) is 0 Å². The van der Waals surface area contributed by atoms with E-state index in [9.17, 15) is 0 Å². The van der Waals surface area contributed by atoms with Gasteiger partial charge in [-0.3, -0.25) is 8.42 Å². The molecule has 0 bridgehead atoms. The molecule has 0 aliphatic rings. The minimum absolute atomic E-state index is 0. The summed E-state index contributed by atoms with van der Waals surface area (Å²) in [5.41, 5.74) is 0. The van der Waals surface area contributed by atoms with Crippen molar-refractivity contribution in [1.82, 2.24) is 0 Å². The van der Waals surface area contributed by atoms with Gasteiger partial charge in [0.05, 0.1) is 0 Å². The first-order valence-corrected chi connectivity index (χ1v) is 2.00. The zero-order chi connectivity index (χ0) is 4.50. The van der Waals surface area contributed by atoms with E-state index in [1.807, 2.05) is 0 Å². The monoisotopic (exact) mass is 238 g/mol. The molecule has 0 aromatic heterocycles. The van der Waals surface area contributed by atoms with Crippen LogP contribution in [0.25, 0.3) is 0 Å². The van der Waals surface area contributed by atoms with Crippen LogP contribution in [0.1, 0.15) is 0 Å². The molecule has 0 spiro atoms. The van der Waals surface area contributed by atoms with E-state index >= 15 is 0 Å². The predicted octanol–water partition coefficient (Wildman–Crippen LogP) is -9.92. The van der Waals surface area contributed by atoms with E-state index < -0.39 is 10.4 Å². The summed E-state index contributed by atoms with van der Waals surface area (Å²) in [6, 6.07) is 0. The first-order chi connectivity index (χ1) is 2.00. The molecule has 0 unspecified atom stereocenters. The van der Waals surface area contributed by atoms with Crippen molar-refractivity contribution in [1.29, 1.82) is 0 Å². The van der Waals surface area contributed by atoms with Gasteiger partial charge < -0.3 is 9.11 Å². The van der Waals surface area contributed by atoms with Gasteiger partial charge in [0.15, 0.2) is 0 Å². The SMILES string of the molecule is O=S(=O)([O-])[O-].[KH].[KH].[Li+].[Li+].[NaH].[NaH]. The molecule has 0 N–H and O–H groups in total. The van der Waals surface area contributed by atoms with E-state index in [-0.39, 0.29) is 200 Å². The number of hydrogen-bond acceptors (Lipinski definition) is 4. The van der Waals surface area contributed by atoms with E-state index in [4.69, 9.17) is 17.5 Å². The minimum atomic E-state index is -5.17. The van der Waals surface area contributed by atoms with Crippen molar-refractivity contribution in [2.75, 3.05) is 0 Å². The Kier molecular flexibility index (Phi) is 99.4. The second-order valence-corrected chi connectivity index (χ2v) is 1.22. The van der Waals surface area contributed by atoms with Gasteiger partial charge in [-0.05, 0) is 0 Å². The molecule has 0 aliphatic heterocycles. The standard InChI is InChI=1S/2K.2Li.2Na.H2O4S.4H/c;;;;;;1-5(2,3)4;;;;/h;;;;;;(H2,1,2,3,4);;;;/q;;2*+1;;;;;;;/p-2. The molecule has 4 nitrogen and oxygen atoms in total. The molecule has 0 amide bonds. The van der Waals surface area contributed by atoms with Gasteiger partial charge in [-0.25, -0.2) is 0 Å². The first-order valence-electron chi connectivity index (χ1n) is 0.667. The van der Waals surface area contributed by atoms with Crippen molar-refractivity contribution in [3.8, 4) is 0 Å². The first kappa shape index (κ1) is 43.3. The molecule has 0 saturated heterocycles. The van der Waals surface area contributed by atoms with Crippen molar-refractivity contribution in [2.24, 2.45) is 0 Å². The van der Waals surface area contributed by atoms with Crippen LogP contribution in [0, 0.1) is 0 Å². The molecule has 11 heavy (non-hydrogen) atoms. The molecule has 0 rings (SSSR count). The summed E-state index contributed by atoms with van der Waals surface area (Å²) in [5.74, 6) is 0. The van der Waals surface area contributed by atoms with Crippen molar-refractivity contribution in [2.45, 2.75) is 0 Å². The van der Waals surface area contributed by atoms with E-state index in [0.29, 0.717) is 0 Å². The third-order valence-electron chi connectivity index (χ3n) is 0. The molecule has 0 aromatic rings. The molecular formula is H4K2Li2Na2O4S. The van der Waals surface area contributed by atoms with E-state index in [0.717, 1.165) is 0 Å². The van der Waals surface area contributed by atoms with Crippen LogP contribution in [0.15, 0.2) is 0 Å². The van der Waals surface area contributed by atoms with Gasteiger partial charge in [-0.1, -0.05) is 0 Å². The molecule has 0 fully saturated rings. The summed E-state index contributed by atoms with van der Waals surface area (Å²) in [6.07, 6.45) is 0. The summed E-state index contributed by atoms with van der Waals surface area (Å²) < 4.78 is 34.1. The number of rotatable bonds is 0. The van der Waals surface area contributed by atoms with Gasteiger partial charge in [0, 0.05) is 10.4 Å². The van der Waals surface area contributed by atoms with E-state index in [1.165, 1.54) is 0 Å². The summed E-state index contributed by atoms with van der Waals surface area (Å²) in [4.78, 5) is 0.